The Morgan fingerprint density at radius 2 is 2.25 bits per heavy atom. The summed E-state index contributed by atoms with van der Waals surface area (Å²) in [5, 5.41) is 2.79. The van der Waals surface area contributed by atoms with Crippen molar-refractivity contribution in [2.75, 3.05) is 5.88 Å². The van der Waals surface area contributed by atoms with Gasteiger partial charge >= 0.3 is 0 Å². The molecule has 1 aromatic rings. The zero-order valence-electron chi connectivity index (χ0n) is 9.02. The Labute approximate surface area is 98.8 Å². The summed E-state index contributed by atoms with van der Waals surface area (Å²) in [6.07, 6.45) is 1.74. The van der Waals surface area contributed by atoms with Gasteiger partial charge in [-0.15, -0.1) is 11.6 Å². The van der Waals surface area contributed by atoms with Crippen LogP contribution in [-0.2, 0) is 0 Å². The van der Waals surface area contributed by atoms with Crippen LogP contribution in [0.5, 0.6) is 0 Å². The number of carbonyl (C=O) groups is 1. The fourth-order valence-electron chi connectivity index (χ4n) is 1.57. The van der Waals surface area contributed by atoms with Gasteiger partial charge in [0.2, 0.25) is 0 Å². The minimum Gasteiger partial charge on any atom is -0.345 e. The number of rotatable bonds is 3. The number of hydrogen-bond donors (Lipinski definition) is 1. The summed E-state index contributed by atoms with van der Waals surface area (Å²) in [6.45, 7) is 1.64. The molecule has 0 radical (unpaired) electrons. The van der Waals surface area contributed by atoms with E-state index in [1.165, 1.54) is 6.07 Å². The Bertz CT molecular complexity index is 429. The number of alkyl halides is 1. The molecule has 16 heavy (non-hydrogen) atoms. The van der Waals surface area contributed by atoms with Crippen molar-refractivity contribution in [3.63, 3.8) is 0 Å². The maximum Gasteiger partial charge on any atom is 0.254 e. The van der Waals surface area contributed by atoms with E-state index in [1.54, 1.807) is 19.1 Å². The van der Waals surface area contributed by atoms with Crippen molar-refractivity contribution in [3.8, 4) is 0 Å². The summed E-state index contributed by atoms with van der Waals surface area (Å²) < 4.78 is 13.7. The fourth-order valence-corrected chi connectivity index (χ4v) is 1.91. The first-order valence-electron chi connectivity index (χ1n) is 5.22. The zero-order chi connectivity index (χ0) is 11.8. The van der Waals surface area contributed by atoms with Gasteiger partial charge in [-0.25, -0.2) is 4.39 Å². The van der Waals surface area contributed by atoms with E-state index < -0.39 is 5.82 Å². The SMILES string of the molecule is Cc1cccc(C(=O)NC2(CCl)CC2)c1F. The molecule has 0 bridgehead atoms. The van der Waals surface area contributed by atoms with E-state index >= 15 is 0 Å². The summed E-state index contributed by atoms with van der Waals surface area (Å²) in [4.78, 5) is 11.8. The smallest absolute Gasteiger partial charge is 0.254 e. The fraction of sp³-hybridized carbons (Fsp3) is 0.417. The second-order valence-electron chi connectivity index (χ2n) is 4.30. The third kappa shape index (κ3) is 2.05. The van der Waals surface area contributed by atoms with Crippen LogP contribution in [0.4, 0.5) is 4.39 Å². The average Bonchev–Trinajstić information content (AvgIpc) is 3.02. The third-order valence-electron chi connectivity index (χ3n) is 2.92. The molecule has 1 aliphatic rings. The van der Waals surface area contributed by atoms with Crippen molar-refractivity contribution in [2.45, 2.75) is 25.3 Å². The molecule has 0 spiro atoms. The molecule has 86 valence electrons. The quantitative estimate of drug-likeness (QED) is 0.810. The van der Waals surface area contributed by atoms with Gasteiger partial charge in [0.1, 0.15) is 5.82 Å². The van der Waals surface area contributed by atoms with Crippen molar-refractivity contribution >= 4 is 17.5 Å². The highest BCUT2D eigenvalue weighted by Crippen LogP contribution is 2.36. The molecule has 1 aromatic carbocycles. The van der Waals surface area contributed by atoms with Crippen LogP contribution in [0.1, 0.15) is 28.8 Å². The number of nitrogens with one attached hydrogen (secondary N) is 1. The summed E-state index contributed by atoms with van der Waals surface area (Å²) in [6, 6.07) is 4.80. The molecule has 2 nitrogen and oxygen atoms in total. The molecule has 1 saturated carbocycles. The highest BCUT2D eigenvalue weighted by Gasteiger charge is 2.43. The van der Waals surface area contributed by atoms with Gasteiger partial charge in [-0.05, 0) is 31.4 Å². The molecule has 4 heteroatoms. The van der Waals surface area contributed by atoms with Crippen LogP contribution in [0, 0.1) is 12.7 Å². The van der Waals surface area contributed by atoms with E-state index in [0.717, 1.165) is 12.8 Å². The Morgan fingerprint density at radius 1 is 1.56 bits per heavy atom. The van der Waals surface area contributed by atoms with E-state index in [-0.39, 0.29) is 17.0 Å². The first kappa shape index (κ1) is 11.4. The zero-order valence-corrected chi connectivity index (χ0v) is 9.77. The molecule has 1 aliphatic carbocycles. The maximum absolute atomic E-state index is 13.7. The molecule has 0 atom stereocenters. The van der Waals surface area contributed by atoms with Gasteiger partial charge in [0.25, 0.3) is 5.91 Å². The molecule has 1 N–H and O–H groups in total. The van der Waals surface area contributed by atoms with E-state index in [0.29, 0.717) is 11.4 Å². The second kappa shape index (κ2) is 4.06. The Balaban J connectivity index is 2.18. The number of halogens is 2. The molecule has 0 unspecified atom stereocenters. The molecule has 0 heterocycles. The van der Waals surface area contributed by atoms with Crippen LogP contribution >= 0.6 is 11.6 Å². The lowest BCUT2D eigenvalue weighted by molar-refractivity contribution is 0.0932. The average molecular weight is 242 g/mol. The van der Waals surface area contributed by atoms with E-state index in [9.17, 15) is 9.18 Å². The van der Waals surface area contributed by atoms with Gasteiger partial charge in [0.05, 0.1) is 11.1 Å². The summed E-state index contributed by atoms with van der Waals surface area (Å²) >= 11 is 5.75. The van der Waals surface area contributed by atoms with E-state index in [1.807, 2.05) is 0 Å². The van der Waals surface area contributed by atoms with Crippen molar-refractivity contribution in [3.05, 3.63) is 35.1 Å². The van der Waals surface area contributed by atoms with Gasteiger partial charge in [-0.2, -0.15) is 0 Å². The van der Waals surface area contributed by atoms with Gasteiger partial charge < -0.3 is 5.32 Å². The van der Waals surface area contributed by atoms with Crippen molar-refractivity contribution in [1.82, 2.24) is 5.32 Å². The predicted molar refractivity (Wildman–Crippen MR) is 61.3 cm³/mol. The van der Waals surface area contributed by atoms with Crippen molar-refractivity contribution in [1.29, 1.82) is 0 Å². The first-order chi connectivity index (χ1) is 7.58. The summed E-state index contributed by atoms with van der Waals surface area (Å²) in [5.74, 6) is -0.448. The van der Waals surface area contributed by atoms with Crippen LogP contribution in [-0.4, -0.2) is 17.3 Å². The highest BCUT2D eigenvalue weighted by atomic mass is 35.5. The predicted octanol–water partition coefficient (Wildman–Crippen LogP) is 2.64. The van der Waals surface area contributed by atoms with Crippen LogP contribution in [0.3, 0.4) is 0 Å². The Hall–Kier alpha value is -1.09. The standard InChI is InChI=1S/C12H13ClFNO/c1-8-3-2-4-9(10(8)14)11(16)15-12(7-13)5-6-12/h2-4H,5-7H2,1H3,(H,15,16). The highest BCUT2D eigenvalue weighted by molar-refractivity contribution is 6.19. The number of hydrogen-bond acceptors (Lipinski definition) is 1. The molecule has 0 aliphatic heterocycles. The lowest BCUT2D eigenvalue weighted by Gasteiger charge is -2.14. The molecule has 2 rings (SSSR count). The molecule has 1 amide bonds. The molecular formula is C12H13ClFNO. The van der Waals surface area contributed by atoms with Gasteiger partial charge in [-0.3, -0.25) is 4.79 Å². The minimum absolute atomic E-state index is 0.0939. The van der Waals surface area contributed by atoms with Crippen LogP contribution in [0.15, 0.2) is 18.2 Å². The van der Waals surface area contributed by atoms with Crippen LogP contribution in [0.2, 0.25) is 0 Å². The summed E-state index contributed by atoms with van der Waals surface area (Å²) in [7, 11) is 0. The number of aryl methyl sites for hydroxylation is 1. The number of amides is 1. The lowest BCUT2D eigenvalue weighted by Crippen LogP contribution is -2.38. The first-order valence-corrected chi connectivity index (χ1v) is 5.75. The van der Waals surface area contributed by atoms with Gasteiger partial charge in [0, 0.05) is 5.88 Å². The van der Waals surface area contributed by atoms with Crippen molar-refractivity contribution < 1.29 is 9.18 Å². The normalized spacial score (nSPS) is 16.9. The molecule has 0 saturated heterocycles. The monoisotopic (exact) mass is 241 g/mol. The second-order valence-corrected chi connectivity index (χ2v) is 4.57. The number of carbonyl (C=O) groups excluding carboxylic acids is 1. The van der Waals surface area contributed by atoms with Crippen LogP contribution < -0.4 is 5.32 Å². The van der Waals surface area contributed by atoms with Gasteiger partial charge in [-0.1, -0.05) is 12.1 Å². The van der Waals surface area contributed by atoms with Crippen LogP contribution in [0.25, 0.3) is 0 Å². The Morgan fingerprint density at radius 3 is 2.81 bits per heavy atom. The largest absolute Gasteiger partial charge is 0.345 e. The van der Waals surface area contributed by atoms with E-state index in [2.05, 4.69) is 5.32 Å². The number of benzene rings is 1. The Kier molecular flexibility index (Phi) is 2.89. The molecule has 1 fully saturated rings. The summed E-state index contributed by atoms with van der Waals surface area (Å²) in [5.41, 5.74) is 0.272. The topological polar surface area (TPSA) is 29.1 Å². The van der Waals surface area contributed by atoms with Gasteiger partial charge in [0.15, 0.2) is 0 Å². The molecular weight excluding hydrogens is 229 g/mol. The van der Waals surface area contributed by atoms with E-state index in [4.69, 9.17) is 11.6 Å². The lowest BCUT2D eigenvalue weighted by atomic mass is 10.1. The third-order valence-corrected chi connectivity index (χ3v) is 3.44. The minimum atomic E-state index is -0.453. The maximum atomic E-state index is 13.7. The molecule has 0 aromatic heterocycles. The van der Waals surface area contributed by atoms with Crippen molar-refractivity contribution in [2.24, 2.45) is 0 Å².